The maximum absolute atomic E-state index is 6.10. The fraction of sp³-hybridized carbons (Fsp3) is 0.214. The van der Waals surface area contributed by atoms with Crippen LogP contribution in [-0.2, 0) is 0 Å². The van der Waals surface area contributed by atoms with Gasteiger partial charge in [-0.15, -0.1) is 0 Å². The van der Waals surface area contributed by atoms with Crippen molar-refractivity contribution < 1.29 is 0 Å². The second-order valence-corrected chi connectivity index (χ2v) is 5.50. The molecule has 0 spiro atoms. The van der Waals surface area contributed by atoms with E-state index in [-0.39, 0.29) is 0 Å². The van der Waals surface area contributed by atoms with Crippen LogP contribution in [0.1, 0.15) is 17.9 Å². The number of hydrogen-bond donors (Lipinski definition) is 2. The van der Waals surface area contributed by atoms with Crippen molar-refractivity contribution in [3.63, 3.8) is 0 Å². The van der Waals surface area contributed by atoms with Gasteiger partial charge in [0.25, 0.3) is 0 Å². The first-order chi connectivity index (χ1) is 9.15. The molecule has 1 saturated carbocycles. The molecule has 5 heteroatoms. The number of benzene rings is 1. The van der Waals surface area contributed by atoms with Crippen molar-refractivity contribution in [2.24, 2.45) is 0 Å². The van der Waals surface area contributed by atoms with Crippen LogP contribution in [0.2, 0.25) is 10.0 Å². The van der Waals surface area contributed by atoms with E-state index in [9.17, 15) is 0 Å². The highest BCUT2D eigenvalue weighted by Crippen LogP contribution is 2.43. The first-order valence-electron chi connectivity index (χ1n) is 6.08. The van der Waals surface area contributed by atoms with Crippen LogP contribution in [0.25, 0.3) is 0 Å². The van der Waals surface area contributed by atoms with Crippen molar-refractivity contribution in [3.05, 3.63) is 52.0 Å². The van der Waals surface area contributed by atoms with Gasteiger partial charge >= 0.3 is 0 Å². The summed E-state index contributed by atoms with van der Waals surface area (Å²) in [6, 6.07) is 12.4. The Balaban J connectivity index is 1.73. The number of nitrogens with zero attached hydrogens (tertiary/aromatic N) is 1. The lowest BCUT2D eigenvalue weighted by Crippen LogP contribution is -2.07. The average molecular weight is 294 g/mol. The van der Waals surface area contributed by atoms with Gasteiger partial charge in [-0.05, 0) is 18.1 Å². The molecular weight excluding hydrogens is 281 g/mol. The first-order valence-corrected chi connectivity index (χ1v) is 6.83. The molecule has 1 aromatic heterocycles. The molecule has 1 fully saturated rings. The van der Waals surface area contributed by atoms with E-state index in [1.54, 1.807) is 6.07 Å². The second kappa shape index (κ2) is 4.91. The van der Waals surface area contributed by atoms with Crippen molar-refractivity contribution in [3.8, 4) is 0 Å². The van der Waals surface area contributed by atoms with Crippen molar-refractivity contribution in [2.75, 3.05) is 11.1 Å². The monoisotopic (exact) mass is 293 g/mol. The molecule has 0 saturated heterocycles. The standard InChI is InChI=1S/C14H13Cl2N3/c15-10-7-11(16)14(19-13(10)17)18-12-6-9(12)8-4-2-1-3-5-8/h1-5,7,9,12H,6H2,(H3,17,18,19). The van der Waals surface area contributed by atoms with E-state index in [1.165, 1.54) is 5.56 Å². The van der Waals surface area contributed by atoms with Crippen LogP contribution in [0.4, 0.5) is 11.6 Å². The van der Waals surface area contributed by atoms with Crippen LogP contribution in [0.5, 0.6) is 0 Å². The molecule has 3 rings (SSSR count). The van der Waals surface area contributed by atoms with Crippen LogP contribution in [-0.4, -0.2) is 11.0 Å². The highest BCUT2D eigenvalue weighted by atomic mass is 35.5. The first kappa shape index (κ1) is 12.6. The van der Waals surface area contributed by atoms with E-state index < -0.39 is 0 Å². The molecule has 19 heavy (non-hydrogen) atoms. The maximum Gasteiger partial charge on any atom is 0.147 e. The number of pyridine rings is 1. The second-order valence-electron chi connectivity index (χ2n) is 4.69. The third-order valence-electron chi connectivity index (χ3n) is 3.30. The van der Waals surface area contributed by atoms with Crippen molar-refractivity contribution >= 4 is 34.8 Å². The van der Waals surface area contributed by atoms with Gasteiger partial charge in [-0.3, -0.25) is 0 Å². The molecular formula is C14H13Cl2N3. The molecule has 2 atom stereocenters. The number of aromatic nitrogens is 1. The third-order valence-corrected chi connectivity index (χ3v) is 3.89. The molecule has 0 aliphatic heterocycles. The lowest BCUT2D eigenvalue weighted by Gasteiger charge is -2.09. The van der Waals surface area contributed by atoms with Gasteiger partial charge in [0.15, 0.2) is 0 Å². The summed E-state index contributed by atoms with van der Waals surface area (Å²) in [5.74, 6) is 1.41. The summed E-state index contributed by atoms with van der Waals surface area (Å²) in [7, 11) is 0. The van der Waals surface area contributed by atoms with Crippen LogP contribution >= 0.6 is 23.2 Å². The van der Waals surface area contributed by atoms with Gasteiger partial charge in [0.05, 0.1) is 10.0 Å². The molecule has 2 unspecified atom stereocenters. The highest BCUT2D eigenvalue weighted by molar-refractivity contribution is 6.37. The molecule has 0 bridgehead atoms. The van der Waals surface area contributed by atoms with E-state index in [1.807, 2.05) is 6.07 Å². The largest absolute Gasteiger partial charge is 0.382 e. The fourth-order valence-corrected chi connectivity index (χ4v) is 2.59. The summed E-state index contributed by atoms with van der Waals surface area (Å²) in [4.78, 5) is 4.18. The molecule has 0 amide bonds. The van der Waals surface area contributed by atoms with Gasteiger partial charge in [-0.25, -0.2) is 4.98 Å². The molecule has 2 aromatic rings. The van der Waals surface area contributed by atoms with Crippen LogP contribution in [0, 0.1) is 0 Å². The molecule has 1 aliphatic rings. The zero-order valence-electron chi connectivity index (χ0n) is 10.1. The Labute approximate surface area is 121 Å². The van der Waals surface area contributed by atoms with Gasteiger partial charge in [-0.1, -0.05) is 53.5 Å². The van der Waals surface area contributed by atoms with E-state index >= 15 is 0 Å². The highest BCUT2D eigenvalue weighted by Gasteiger charge is 2.38. The lowest BCUT2D eigenvalue weighted by molar-refractivity contribution is 1.03. The van der Waals surface area contributed by atoms with Crippen molar-refractivity contribution in [1.29, 1.82) is 0 Å². The topological polar surface area (TPSA) is 50.9 Å². The number of nitrogens with two attached hydrogens (primary N) is 1. The number of nitrogens with one attached hydrogen (secondary N) is 1. The molecule has 3 N–H and O–H groups in total. The normalized spacial score (nSPS) is 21.2. The fourth-order valence-electron chi connectivity index (χ4n) is 2.18. The molecule has 1 aliphatic carbocycles. The zero-order chi connectivity index (χ0) is 13.4. The summed E-state index contributed by atoms with van der Waals surface area (Å²) in [5, 5.41) is 4.20. The molecule has 1 heterocycles. The quantitative estimate of drug-likeness (QED) is 0.901. The molecule has 3 nitrogen and oxygen atoms in total. The van der Waals surface area contributed by atoms with Gasteiger partial charge in [0, 0.05) is 12.0 Å². The Morgan fingerprint density at radius 1 is 1.16 bits per heavy atom. The number of anilines is 2. The Hall–Kier alpha value is -1.45. The Kier molecular flexibility index (Phi) is 3.25. The Bertz CT molecular complexity index is 601. The molecule has 98 valence electrons. The van der Waals surface area contributed by atoms with Crippen molar-refractivity contribution in [2.45, 2.75) is 18.4 Å². The van der Waals surface area contributed by atoms with E-state index in [0.29, 0.717) is 33.6 Å². The van der Waals surface area contributed by atoms with E-state index in [2.05, 4.69) is 34.6 Å². The van der Waals surface area contributed by atoms with Crippen molar-refractivity contribution in [1.82, 2.24) is 4.98 Å². The zero-order valence-corrected chi connectivity index (χ0v) is 11.6. The van der Waals surface area contributed by atoms with Gasteiger partial charge in [0.2, 0.25) is 0 Å². The lowest BCUT2D eigenvalue weighted by atomic mass is 10.1. The minimum atomic E-state index is 0.297. The smallest absolute Gasteiger partial charge is 0.147 e. The predicted molar refractivity (Wildman–Crippen MR) is 79.9 cm³/mol. The number of rotatable bonds is 3. The van der Waals surface area contributed by atoms with Crippen LogP contribution < -0.4 is 11.1 Å². The third kappa shape index (κ3) is 2.62. The van der Waals surface area contributed by atoms with E-state index in [4.69, 9.17) is 28.9 Å². The minimum absolute atomic E-state index is 0.297. The number of hydrogen-bond acceptors (Lipinski definition) is 3. The van der Waals surface area contributed by atoms with Crippen LogP contribution in [0.3, 0.4) is 0 Å². The summed E-state index contributed by atoms with van der Waals surface area (Å²) < 4.78 is 0. The van der Waals surface area contributed by atoms with Crippen LogP contribution in [0.15, 0.2) is 36.4 Å². The summed E-state index contributed by atoms with van der Waals surface area (Å²) in [6.45, 7) is 0. The molecule has 0 radical (unpaired) electrons. The molecule has 1 aromatic carbocycles. The van der Waals surface area contributed by atoms with Gasteiger partial charge in [-0.2, -0.15) is 0 Å². The minimum Gasteiger partial charge on any atom is -0.382 e. The van der Waals surface area contributed by atoms with E-state index in [0.717, 1.165) is 6.42 Å². The maximum atomic E-state index is 6.10. The summed E-state index contributed by atoms with van der Waals surface area (Å²) in [5.41, 5.74) is 7.02. The Morgan fingerprint density at radius 2 is 1.89 bits per heavy atom. The van der Waals surface area contributed by atoms with Gasteiger partial charge < -0.3 is 11.1 Å². The van der Waals surface area contributed by atoms with Gasteiger partial charge in [0.1, 0.15) is 11.6 Å². The predicted octanol–water partition coefficient (Wildman–Crippen LogP) is 3.94. The number of halogens is 2. The number of nitrogen functional groups attached to an aromatic ring is 1. The summed E-state index contributed by atoms with van der Waals surface area (Å²) in [6.07, 6.45) is 1.07. The SMILES string of the molecule is Nc1nc(NC2CC2c2ccccc2)c(Cl)cc1Cl. The summed E-state index contributed by atoms with van der Waals surface area (Å²) >= 11 is 12.0. The average Bonchev–Trinajstić information content (AvgIpc) is 3.16. The Morgan fingerprint density at radius 3 is 2.63 bits per heavy atom.